The van der Waals surface area contributed by atoms with Gasteiger partial charge in [0.25, 0.3) is 11.6 Å². The number of rotatable bonds is 6. The van der Waals surface area contributed by atoms with Gasteiger partial charge in [-0.3, -0.25) is 30.6 Å². The number of non-ortho nitro benzene ring substituents is 1. The molecule has 1 aromatic heterocycles. The van der Waals surface area contributed by atoms with Crippen molar-refractivity contribution in [3.63, 3.8) is 0 Å². The molecular weight excluding hydrogens is 350 g/mol. The number of aromatic nitrogens is 4. The quantitative estimate of drug-likeness (QED) is 0.428. The third kappa shape index (κ3) is 4.29. The molecule has 0 bridgehead atoms. The van der Waals surface area contributed by atoms with Crippen LogP contribution in [0.1, 0.15) is 29.2 Å². The van der Waals surface area contributed by atoms with Crippen LogP contribution in [0.2, 0.25) is 0 Å². The monoisotopic (exact) mass is 363 g/mol. The summed E-state index contributed by atoms with van der Waals surface area (Å²) in [7, 11) is 0. The molecule has 1 heterocycles. The summed E-state index contributed by atoms with van der Waals surface area (Å²) in [5.41, 5.74) is 4.59. The van der Waals surface area contributed by atoms with E-state index in [0.717, 1.165) is 12.8 Å². The van der Waals surface area contributed by atoms with E-state index in [-0.39, 0.29) is 17.0 Å². The number of nitro benzene ring substituents is 1. The average Bonchev–Trinajstić information content (AvgIpc) is 3.35. The Morgan fingerprint density at radius 3 is 2.64 bits per heavy atom. The van der Waals surface area contributed by atoms with E-state index in [2.05, 4.69) is 26.4 Å². The van der Waals surface area contributed by atoms with Crippen molar-refractivity contribution in [3.05, 3.63) is 39.9 Å². The van der Waals surface area contributed by atoms with E-state index in [1.165, 1.54) is 36.0 Å². The summed E-state index contributed by atoms with van der Waals surface area (Å²) in [6, 6.07) is 5.34. The highest BCUT2D eigenvalue weighted by molar-refractivity contribution is 7.99. The summed E-state index contributed by atoms with van der Waals surface area (Å²) in [6.07, 6.45) is 2.05. The molecule has 1 saturated carbocycles. The van der Waals surface area contributed by atoms with Crippen LogP contribution in [0.3, 0.4) is 0 Å². The molecule has 1 fully saturated rings. The van der Waals surface area contributed by atoms with E-state index >= 15 is 0 Å². The maximum Gasteiger partial charge on any atom is 0.269 e. The van der Waals surface area contributed by atoms with Gasteiger partial charge in [-0.05, 0) is 35.4 Å². The number of nitrogens with zero attached hydrogens (tertiary/aromatic N) is 5. The van der Waals surface area contributed by atoms with E-state index in [0.29, 0.717) is 11.2 Å². The molecule has 2 N–H and O–H groups in total. The number of nitrogens with one attached hydrogen (secondary N) is 2. The number of tetrazole rings is 1. The number of amides is 2. The van der Waals surface area contributed by atoms with Gasteiger partial charge in [0, 0.05) is 17.7 Å². The molecule has 0 spiro atoms. The van der Waals surface area contributed by atoms with E-state index in [9.17, 15) is 19.7 Å². The second-order valence-corrected chi connectivity index (χ2v) is 6.17. The van der Waals surface area contributed by atoms with Crippen LogP contribution >= 0.6 is 11.8 Å². The Hall–Kier alpha value is -3.02. The number of hydrogen-bond donors (Lipinski definition) is 2. The van der Waals surface area contributed by atoms with E-state index in [4.69, 9.17) is 0 Å². The Morgan fingerprint density at radius 2 is 2.00 bits per heavy atom. The molecule has 12 heteroatoms. The Labute approximate surface area is 145 Å². The lowest BCUT2D eigenvalue weighted by Gasteiger charge is -2.07. The predicted molar refractivity (Wildman–Crippen MR) is 85.5 cm³/mol. The van der Waals surface area contributed by atoms with Crippen LogP contribution in [0.15, 0.2) is 29.4 Å². The number of nitro groups is 1. The third-order valence-corrected chi connectivity index (χ3v) is 4.28. The Morgan fingerprint density at radius 1 is 1.28 bits per heavy atom. The molecular formula is C13H13N7O4S. The molecule has 0 saturated heterocycles. The van der Waals surface area contributed by atoms with E-state index < -0.39 is 16.7 Å². The lowest BCUT2D eigenvalue weighted by molar-refractivity contribution is -0.384. The first-order valence-corrected chi connectivity index (χ1v) is 8.27. The fraction of sp³-hybridized carbons (Fsp3) is 0.308. The van der Waals surface area contributed by atoms with Crippen LogP contribution < -0.4 is 10.9 Å². The number of hydrazine groups is 1. The van der Waals surface area contributed by atoms with Crippen LogP contribution in [0.4, 0.5) is 5.69 Å². The number of thioether (sulfide) groups is 1. The van der Waals surface area contributed by atoms with Crippen molar-refractivity contribution in [2.75, 3.05) is 5.75 Å². The molecule has 0 atom stereocenters. The van der Waals surface area contributed by atoms with Crippen molar-refractivity contribution in [2.45, 2.75) is 24.0 Å². The zero-order valence-electron chi connectivity index (χ0n) is 12.8. The summed E-state index contributed by atoms with van der Waals surface area (Å²) >= 11 is 1.17. The molecule has 0 unspecified atom stereocenters. The second-order valence-electron chi connectivity index (χ2n) is 5.23. The van der Waals surface area contributed by atoms with Crippen LogP contribution in [-0.4, -0.2) is 42.7 Å². The molecule has 3 rings (SSSR count). The summed E-state index contributed by atoms with van der Waals surface area (Å²) in [5, 5.41) is 22.4. The molecule has 11 nitrogen and oxygen atoms in total. The van der Waals surface area contributed by atoms with Gasteiger partial charge in [0.15, 0.2) is 0 Å². The number of benzene rings is 1. The fourth-order valence-corrected chi connectivity index (χ4v) is 2.67. The first-order chi connectivity index (χ1) is 12.0. The topological polar surface area (TPSA) is 145 Å². The fourth-order valence-electron chi connectivity index (χ4n) is 1.93. The van der Waals surface area contributed by atoms with Gasteiger partial charge in [-0.15, -0.1) is 5.10 Å². The maximum absolute atomic E-state index is 11.9. The zero-order chi connectivity index (χ0) is 17.8. The van der Waals surface area contributed by atoms with Gasteiger partial charge in [-0.2, -0.15) is 0 Å². The zero-order valence-corrected chi connectivity index (χ0v) is 13.6. The van der Waals surface area contributed by atoms with Crippen molar-refractivity contribution in [2.24, 2.45) is 0 Å². The summed E-state index contributed by atoms with van der Waals surface area (Å²) in [4.78, 5) is 33.7. The SMILES string of the molecule is O=C(CSc1nnnn1C1CC1)NNC(=O)c1ccc([N+](=O)[O-])cc1. The minimum atomic E-state index is -0.573. The molecule has 2 aromatic rings. The summed E-state index contributed by atoms with van der Waals surface area (Å²) in [6.45, 7) is 0. The average molecular weight is 363 g/mol. The standard InChI is InChI=1S/C13H13N7O4S/c21-11(7-25-13-16-17-18-19(13)9-5-6-9)14-15-12(22)8-1-3-10(4-2-8)20(23)24/h1-4,9H,5-7H2,(H,14,21)(H,15,22). The lowest BCUT2D eigenvalue weighted by Crippen LogP contribution is -2.42. The van der Waals surface area contributed by atoms with Crippen LogP contribution in [0.25, 0.3) is 0 Å². The molecule has 1 aliphatic carbocycles. The Balaban J connectivity index is 1.45. The highest BCUT2D eigenvalue weighted by Crippen LogP contribution is 2.36. The summed E-state index contributed by atoms with van der Waals surface area (Å²) in [5.74, 6) is -0.963. The smallest absolute Gasteiger partial charge is 0.269 e. The molecule has 0 radical (unpaired) electrons. The third-order valence-electron chi connectivity index (χ3n) is 3.34. The van der Waals surface area contributed by atoms with Crippen LogP contribution in [-0.2, 0) is 4.79 Å². The molecule has 0 aliphatic heterocycles. The van der Waals surface area contributed by atoms with Gasteiger partial charge in [-0.25, -0.2) is 4.68 Å². The van der Waals surface area contributed by atoms with Crippen molar-refractivity contribution >= 4 is 29.3 Å². The van der Waals surface area contributed by atoms with Crippen molar-refractivity contribution in [3.8, 4) is 0 Å². The normalized spacial score (nSPS) is 13.3. The first kappa shape index (κ1) is 16.8. The van der Waals surface area contributed by atoms with Gasteiger partial charge in [0.1, 0.15) is 0 Å². The maximum atomic E-state index is 11.9. The van der Waals surface area contributed by atoms with Crippen molar-refractivity contribution < 1.29 is 14.5 Å². The second kappa shape index (κ2) is 7.25. The van der Waals surface area contributed by atoms with E-state index in [1.54, 1.807) is 4.68 Å². The van der Waals surface area contributed by atoms with Gasteiger partial charge in [0.2, 0.25) is 11.1 Å². The highest BCUT2D eigenvalue weighted by atomic mass is 32.2. The minimum absolute atomic E-state index is 0.0354. The summed E-state index contributed by atoms with van der Waals surface area (Å²) < 4.78 is 1.69. The molecule has 2 amide bonds. The minimum Gasteiger partial charge on any atom is -0.272 e. The largest absolute Gasteiger partial charge is 0.272 e. The Bertz CT molecular complexity index is 803. The number of carbonyl (C=O) groups excluding carboxylic acids is 2. The van der Waals surface area contributed by atoms with Gasteiger partial charge in [0.05, 0.1) is 16.7 Å². The molecule has 1 aromatic carbocycles. The van der Waals surface area contributed by atoms with Crippen molar-refractivity contribution in [1.29, 1.82) is 0 Å². The number of carbonyl (C=O) groups is 2. The molecule has 1 aliphatic rings. The van der Waals surface area contributed by atoms with Crippen molar-refractivity contribution in [1.82, 2.24) is 31.1 Å². The van der Waals surface area contributed by atoms with Crippen LogP contribution in [0, 0.1) is 10.1 Å². The van der Waals surface area contributed by atoms with Crippen LogP contribution in [0.5, 0.6) is 0 Å². The Kier molecular flexibility index (Phi) is 4.88. The van der Waals surface area contributed by atoms with E-state index in [1.807, 2.05) is 0 Å². The molecule has 25 heavy (non-hydrogen) atoms. The molecule has 130 valence electrons. The predicted octanol–water partition coefficient (Wildman–Crippen LogP) is 0.469. The van der Waals surface area contributed by atoms with Gasteiger partial charge < -0.3 is 0 Å². The first-order valence-electron chi connectivity index (χ1n) is 7.29. The van der Waals surface area contributed by atoms with Gasteiger partial charge >= 0.3 is 0 Å². The van der Waals surface area contributed by atoms with Gasteiger partial charge in [-0.1, -0.05) is 11.8 Å². The lowest BCUT2D eigenvalue weighted by atomic mass is 10.2. The number of hydrogen-bond acceptors (Lipinski definition) is 8. The highest BCUT2D eigenvalue weighted by Gasteiger charge is 2.28.